The van der Waals surface area contributed by atoms with Crippen LogP contribution < -0.4 is 25.4 Å². The van der Waals surface area contributed by atoms with E-state index in [2.05, 4.69) is 22.0 Å². The summed E-state index contributed by atoms with van der Waals surface area (Å²) in [6.07, 6.45) is 0.458. The van der Waals surface area contributed by atoms with Gasteiger partial charge in [-0.3, -0.25) is 4.79 Å². The zero-order valence-corrected chi connectivity index (χ0v) is 20.6. The number of amides is 1. The molecule has 3 rings (SSSR count). The fourth-order valence-corrected chi connectivity index (χ4v) is 3.50. The highest BCUT2D eigenvalue weighted by Crippen LogP contribution is 2.31. The molecule has 1 atom stereocenters. The lowest BCUT2D eigenvalue weighted by Gasteiger charge is -2.26. The normalized spacial score (nSPS) is 15.3. The van der Waals surface area contributed by atoms with Crippen LogP contribution in [0.1, 0.15) is 37.3 Å². The van der Waals surface area contributed by atoms with E-state index in [1.54, 1.807) is 7.11 Å². The Morgan fingerprint density at radius 2 is 1.97 bits per heavy atom. The van der Waals surface area contributed by atoms with Crippen LogP contribution in [0.15, 0.2) is 47.5 Å². The number of methoxy groups -OCH3 is 1. The Morgan fingerprint density at radius 1 is 1.16 bits per heavy atom. The molecule has 1 aliphatic rings. The molecule has 1 unspecified atom stereocenters. The smallest absolute Gasteiger partial charge is 0.225 e. The summed E-state index contributed by atoms with van der Waals surface area (Å²) in [7, 11) is 1.63. The minimum absolute atomic E-state index is 0. The van der Waals surface area contributed by atoms with Gasteiger partial charge in [0, 0.05) is 31.1 Å². The predicted octanol–water partition coefficient (Wildman–Crippen LogP) is 3.89. The lowest BCUT2D eigenvalue weighted by atomic mass is 9.90. The van der Waals surface area contributed by atoms with E-state index in [9.17, 15) is 4.79 Å². The zero-order valence-electron chi connectivity index (χ0n) is 18.2. The summed E-state index contributed by atoms with van der Waals surface area (Å²) in [5.41, 5.74) is 3.07. The SMILES string of the molecule is CCNC(=NCc1ccc(OCC)c(OC)c1)NCC1CC(=O)Nc2ccccc21.I. The maximum absolute atomic E-state index is 12.0. The van der Waals surface area contributed by atoms with E-state index in [0.29, 0.717) is 37.8 Å². The molecule has 7 nitrogen and oxygen atoms in total. The van der Waals surface area contributed by atoms with Gasteiger partial charge in [0.05, 0.1) is 20.3 Å². The van der Waals surface area contributed by atoms with E-state index in [0.717, 1.165) is 29.1 Å². The van der Waals surface area contributed by atoms with Crippen LogP contribution in [-0.2, 0) is 11.3 Å². The summed E-state index contributed by atoms with van der Waals surface area (Å²) in [5, 5.41) is 9.59. The fraction of sp³-hybridized carbons (Fsp3) is 0.391. The van der Waals surface area contributed by atoms with Crippen LogP contribution in [0.3, 0.4) is 0 Å². The molecule has 168 valence electrons. The number of benzene rings is 2. The Morgan fingerprint density at radius 3 is 2.71 bits per heavy atom. The zero-order chi connectivity index (χ0) is 21.3. The summed E-state index contributed by atoms with van der Waals surface area (Å²) in [5.74, 6) is 2.29. The molecule has 1 aliphatic heterocycles. The molecule has 1 amide bonds. The molecule has 31 heavy (non-hydrogen) atoms. The molecule has 0 bridgehead atoms. The third-order valence-electron chi connectivity index (χ3n) is 4.91. The third-order valence-corrected chi connectivity index (χ3v) is 4.91. The first-order valence-corrected chi connectivity index (χ1v) is 10.3. The van der Waals surface area contributed by atoms with Crippen molar-refractivity contribution in [3.05, 3.63) is 53.6 Å². The number of rotatable bonds is 8. The van der Waals surface area contributed by atoms with Crippen molar-refractivity contribution in [2.75, 3.05) is 32.1 Å². The molecule has 0 saturated heterocycles. The lowest BCUT2D eigenvalue weighted by molar-refractivity contribution is -0.116. The molecule has 0 fully saturated rings. The van der Waals surface area contributed by atoms with Crippen LogP contribution in [0.2, 0.25) is 0 Å². The number of hydrogen-bond donors (Lipinski definition) is 3. The lowest BCUT2D eigenvalue weighted by Crippen LogP contribution is -2.40. The Labute approximate surface area is 201 Å². The molecular formula is C23H31IN4O3. The average molecular weight is 538 g/mol. The second-order valence-corrected chi connectivity index (χ2v) is 7.03. The van der Waals surface area contributed by atoms with Crippen LogP contribution >= 0.6 is 24.0 Å². The van der Waals surface area contributed by atoms with Gasteiger partial charge < -0.3 is 25.4 Å². The van der Waals surface area contributed by atoms with Crippen molar-refractivity contribution >= 4 is 41.5 Å². The fourth-order valence-electron chi connectivity index (χ4n) is 3.50. The van der Waals surface area contributed by atoms with E-state index >= 15 is 0 Å². The van der Waals surface area contributed by atoms with E-state index in [4.69, 9.17) is 14.5 Å². The van der Waals surface area contributed by atoms with Crippen molar-refractivity contribution < 1.29 is 14.3 Å². The van der Waals surface area contributed by atoms with Crippen molar-refractivity contribution in [2.24, 2.45) is 4.99 Å². The summed E-state index contributed by atoms with van der Waals surface area (Å²) < 4.78 is 11.0. The molecule has 2 aromatic rings. The number of carbonyl (C=O) groups is 1. The first-order valence-electron chi connectivity index (χ1n) is 10.3. The number of hydrogen-bond acceptors (Lipinski definition) is 4. The van der Waals surface area contributed by atoms with Gasteiger partial charge in [-0.05, 0) is 43.2 Å². The van der Waals surface area contributed by atoms with Crippen molar-refractivity contribution in [1.29, 1.82) is 0 Å². The highest BCUT2D eigenvalue weighted by Gasteiger charge is 2.24. The van der Waals surface area contributed by atoms with Crippen molar-refractivity contribution in [2.45, 2.75) is 32.7 Å². The second-order valence-electron chi connectivity index (χ2n) is 7.03. The Bertz CT molecular complexity index is 904. The third kappa shape index (κ3) is 6.75. The van der Waals surface area contributed by atoms with E-state index in [-0.39, 0.29) is 35.8 Å². The van der Waals surface area contributed by atoms with Gasteiger partial charge in [-0.25, -0.2) is 4.99 Å². The molecule has 1 heterocycles. The first kappa shape index (κ1) is 24.8. The predicted molar refractivity (Wildman–Crippen MR) is 135 cm³/mol. The standard InChI is InChI=1S/C23H30N4O3.HI/c1-4-24-23(25-14-16-10-11-20(30-5-2)21(12-16)29-3)26-15-17-13-22(28)27-19-9-7-6-8-18(17)19;/h6-12,17H,4-5,13-15H2,1-3H3,(H,27,28)(H2,24,25,26);1H. The molecule has 0 aromatic heterocycles. The van der Waals surface area contributed by atoms with Crippen LogP contribution in [0.5, 0.6) is 11.5 Å². The van der Waals surface area contributed by atoms with Crippen molar-refractivity contribution in [3.8, 4) is 11.5 Å². The number of nitrogens with zero attached hydrogens (tertiary/aromatic N) is 1. The number of fused-ring (bicyclic) bond motifs is 1. The number of guanidine groups is 1. The van der Waals surface area contributed by atoms with Crippen molar-refractivity contribution in [3.63, 3.8) is 0 Å². The van der Waals surface area contributed by atoms with E-state index in [1.165, 1.54) is 0 Å². The number of aliphatic imine (C=N–C) groups is 1. The Kier molecular flexibility index (Phi) is 9.90. The Hall–Kier alpha value is -2.49. The van der Waals surface area contributed by atoms with Gasteiger partial charge in [-0.2, -0.15) is 0 Å². The number of ether oxygens (including phenoxy) is 2. The largest absolute Gasteiger partial charge is 0.493 e. The topological polar surface area (TPSA) is 84.0 Å². The number of halogens is 1. The van der Waals surface area contributed by atoms with Crippen LogP contribution in [0, 0.1) is 0 Å². The molecule has 0 aliphatic carbocycles. The maximum Gasteiger partial charge on any atom is 0.225 e. The highest BCUT2D eigenvalue weighted by atomic mass is 127. The summed E-state index contributed by atoms with van der Waals surface area (Å²) >= 11 is 0. The first-order chi connectivity index (χ1) is 14.6. The molecular weight excluding hydrogens is 507 g/mol. The number of para-hydroxylation sites is 1. The van der Waals surface area contributed by atoms with Gasteiger partial charge in [0.1, 0.15) is 0 Å². The Balaban J connectivity index is 0.00000341. The summed E-state index contributed by atoms with van der Waals surface area (Å²) in [6.45, 7) is 6.44. The van der Waals surface area contributed by atoms with Gasteiger partial charge in [-0.1, -0.05) is 24.3 Å². The van der Waals surface area contributed by atoms with Crippen molar-refractivity contribution in [1.82, 2.24) is 10.6 Å². The number of nitrogens with one attached hydrogen (secondary N) is 3. The monoisotopic (exact) mass is 538 g/mol. The van der Waals surface area contributed by atoms with Gasteiger partial charge in [0.25, 0.3) is 0 Å². The molecule has 0 spiro atoms. The van der Waals surface area contributed by atoms with E-state index in [1.807, 2.05) is 50.2 Å². The molecule has 2 aromatic carbocycles. The van der Waals surface area contributed by atoms with Gasteiger partial charge in [0.2, 0.25) is 5.91 Å². The van der Waals surface area contributed by atoms with Gasteiger partial charge in [0.15, 0.2) is 17.5 Å². The minimum Gasteiger partial charge on any atom is -0.493 e. The highest BCUT2D eigenvalue weighted by molar-refractivity contribution is 14.0. The van der Waals surface area contributed by atoms with Crippen LogP contribution in [-0.4, -0.2) is 38.7 Å². The number of anilines is 1. The summed E-state index contributed by atoms with van der Waals surface area (Å²) in [4.78, 5) is 16.7. The maximum atomic E-state index is 12.0. The number of carbonyl (C=O) groups excluding carboxylic acids is 1. The summed E-state index contributed by atoms with van der Waals surface area (Å²) in [6, 6.07) is 13.8. The second kappa shape index (κ2) is 12.4. The quantitative estimate of drug-likeness (QED) is 0.270. The molecule has 8 heteroatoms. The van der Waals surface area contributed by atoms with Crippen LogP contribution in [0.25, 0.3) is 0 Å². The average Bonchev–Trinajstić information content (AvgIpc) is 2.76. The van der Waals surface area contributed by atoms with Gasteiger partial charge in [-0.15, -0.1) is 24.0 Å². The van der Waals surface area contributed by atoms with Crippen LogP contribution in [0.4, 0.5) is 5.69 Å². The molecule has 3 N–H and O–H groups in total. The van der Waals surface area contributed by atoms with E-state index < -0.39 is 0 Å². The molecule has 0 saturated carbocycles. The minimum atomic E-state index is 0. The molecule has 0 radical (unpaired) electrons. The van der Waals surface area contributed by atoms with Gasteiger partial charge >= 0.3 is 0 Å².